The minimum atomic E-state index is -4.71. The van der Waals surface area contributed by atoms with Gasteiger partial charge in [0, 0.05) is 32.0 Å². The number of alkyl halides is 3. The summed E-state index contributed by atoms with van der Waals surface area (Å²) in [7, 11) is 0. The van der Waals surface area contributed by atoms with E-state index in [4.69, 9.17) is 10.5 Å². The average Bonchev–Trinajstić information content (AvgIpc) is 3.20. The van der Waals surface area contributed by atoms with Gasteiger partial charge in [0.05, 0.1) is 23.4 Å². The minimum Gasteiger partial charge on any atom is -0.379 e. The first-order chi connectivity index (χ1) is 15.9. The fraction of sp³-hybridized carbons (Fsp3) is 0.522. The number of allylic oxidation sites excluding steroid dienone is 1. The number of carbonyl (C=O) groups is 1. The number of halogens is 3. The highest BCUT2D eigenvalue weighted by Crippen LogP contribution is 2.46. The molecule has 2 atom stereocenters. The zero-order chi connectivity index (χ0) is 24.8. The van der Waals surface area contributed by atoms with Gasteiger partial charge in [0.1, 0.15) is 16.3 Å². The van der Waals surface area contributed by atoms with Gasteiger partial charge in [-0.15, -0.1) is 11.3 Å². The van der Waals surface area contributed by atoms with Gasteiger partial charge in [-0.2, -0.15) is 13.2 Å². The van der Waals surface area contributed by atoms with Crippen molar-refractivity contribution in [2.24, 2.45) is 10.7 Å². The maximum absolute atomic E-state index is 13.9. The number of hydrogen-bond acceptors (Lipinski definition) is 7. The van der Waals surface area contributed by atoms with Gasteiger partial charge in [0.2, 0.25) is 5.91 Å². The molecule has 1 aromatic heterocycles. The van der Waals surface area contributed by atoms with Crippen molar-refractivity contribution in [2.45, 2.75) is 50.1 Å². The molecular formula is C23H28F3N5O2S. The normalized spacial score (nSPS) is 26.5. The Kier molecular flexibility index (Phi) is 6.34. The van der Waals surface area contributed by atoms with Crippen LogP contribution in [0.25, 0.3) is 10.2 Å². The van der Waals surface area contributed by atoms with Gasteiger partial charge in [-0.3, -0.25) is 9.69 Å². The number of benzene rings is 1. The van der Waals surface area contributed by atoms with Crippen LogP contribution in [0, 0.1) is 0 Å². The number of thiazole rings is 1. The van der Waals surface area contributed by atoms with Crippen molar-refractivity contribution in [3.8, 4) is 0 Å². The number of rotatable bonds is 5. The predicted molar refractivity (Wildman–Crippen MR) is 126 cm³/mol. The fourth-order valence-corrected chi connectivity index (χ4v) is 5.82. The number of nitrogens with two attached hydrogens (primary N) is 1. The van der Waals surface area contributed by atoms with Gasteiger partial charge in [-0.05, 0) is 32.1 Å². The van der Waals surface area contributed by atoms with Gasteiger partial charge in [-0.1, -0.05) is 18.2 Å². The number of dihydropyridines is 1. The van der Waals surface area contributed by atoms with E-state index in [2.05, 4.69) is 20.2 Å². The van der Waals surface area contributed by atoms with E-state index in [1.54, 1.807) is 0 Å². The topological polar surface area (TPSA) is 92.8 Å². The Hall–Kier alpha value is -2.34. The molecule has 1 amide bonds. The third-order valence-electron chi connectivity index (χ3n) is 6.38. The molecular weight excluding hydrogens is 467 g/mol. The summed E-state index contributed by atoms with van der Waals surface area (Å²) >= 11 is 1.28. The molecule has 1 fully saturated rings. The van der Waals surface area contributed by atoms with Crippen LogP contribution in [0.3, 0.4) is 0 Å². The summed E-state index contributed by atoms with van der Waals surface area (Å²) in [5, 5.41) is 3.11. The molecule has 184 valence electrons. The van der Waals surface area contributed by atoms with E-state index in [9.17, 15) is 18.0 Å². The zero-order valence-electron chi connectivity index (χ0n) is 19.3. The molecule has 0 spiro atoms. The number of nitrogens with one attached hydrogen (secondary N) is 1. The maximum Gasteiger partial charge on any atom is 0.432 e. The van der Waals surface area contributed by atoms with Crippen LogP contribution in [0.5, 0.6) is 0 Å². The van der Waals surface area contributed by atoms with Gasteiger partial charge in [0.25, 0.3) is 0 Å². The summed E-state index contributed by atoms with van der Waals surface area (Å²) in [4.78, 5) is 23.4. The lowest BCUT2D eigenvalue weighted by atomic mass is 9.74. The van der Waals surface area contributed by atoms with Crippen LogP contribution in [0.15, 0.2) is 41.4 Å². The quantitative estimate of drug-likeness (QED) is 0.664. The third-order valence-corrected chi connectivity index (χ3v) is 7.56. The smallest absolute Gasteiger partial charge is 0.379 e. The number of aliphatic imine (C=N–C) groups is 1. The van der Waals surface area contributed by atoms with Gasteiger partial charge in [0.15, 0.2) is 5.66 Å². The average molecular weight is 496 g/mol. The summed E-state index contributed by atoms with van der Waals surface area (Å²) < 4.78 is 47.9. The van der Waals surface area contributed by atoms with E-state index in [0.717, 1.165) is 10.8 Å². The molecule has 1 aromatic carbocycles. The lowest BCUT2D eigenvalue weighted by Gasteiger charge is -2.51. The Morgan fingerprint density at radius 3 is 2.56 bits per heavy atom. The lowest BCUT2D eigenvalue weighted by molar-refractivity contribution is -0.122. The van der Waals surface area contributed by atoms with Gasteiger partial charge in [-0.25, -0.2) is 9.98 Å². The number of carbonyl (C=O) groups excluding carboxylic acids is 1. The fourth-order valence-electron chi connectivity index (χ4n) is 4.70. The molecule has 0 aliphatic carbocycles. The van der Waals surface area contributed by atoms with Crippen molar-refractivity contribution >= 4 is 33.2 Å². The number of aromatic nitrogens is 1. The SMILES string of the molecule is CC(=O)NC1(CC(C)(C)N2CCOCC2)N=C(C(F)(F)F)C=CC1(N)c1nc2ccccc2s1. The molecule has 7 nitrogen and oxygen atoms in total. The Morgan fingerprint density at radius 2 is 1.94 bits per heavy atom. The summed E-state index contributed by atoms with van der Waals surface area (Å²) in [6.45, 7) is 7.33. The van der Waals surface area contributed by atoms with E-state index >= 15 is 0 Å². The van der Waals surface area contributed by atoms with Crippen LogP contribution < -0.4 is 11.1 Å². The molecule has 11 heteroatoms. The molecule has 34 heavy (non-hydrogen) atoms. The van der Waals surface area contributed by atoms with E-state index in [1.165, 1.54) is 24.3 Å². The van der Waals surface area contributed by atoms with E-state index < -0.39 is 34.5 Å². The molecule has 2 aliphatic rings. The first kappa shape index (κ1) is 24.8. The first-order valence-corrected chi connectivity index (χ1v) is 11.8. The molecule has 0 bridgehead atoms. The van der Waals surface area contributed by atoms with Crippen molar-refractivity contribution in [2.75, 3.05) is 26.3 Å². The van der Waals surface area contributed by atoms with Crippen LogP contribution in [-0.4, -0.2) is 65.2 Å². The summed E-state index contributed by atoms with van der Waals surface area (Å²) in [5.74, 6) is -0.533. The van der Waals surface area contributed by atoms with E-state index in [1.807, 2.05) is 38.1 Å². The van der Waals surface area contributed by atoms with Crippen molar-refractivity contribution in [3.05, 3.63) is 41.4 Å². The van der Waals surface area contributed by atoms with E-state index in [-0.39, 0.29) is 6.42 Å². The minimum absolute atomic E-state index is 0.0237. The zero-order valence-corrected chi connectivity index (χ0v) is 20.1. The van der Waals surface area contributed by atoms with Gasteiger partial charge >= 0.3 is 6.18 Å². The largest absolute Gasteiger partial charge is 0.432 e. The summed E-state index contributed by atoms with van der Waals surface area (Å²) in [6, 6.07) is 7.36. The number of nitrogens with zero attached hydrogens (tertiary/aromatic N) is 3. The Morgan fingerprint density at radius 1 is 1.26 bits per heavy atom. The number of amides is 1. The molecule has 2 unspecified atom stereocenters. The monoisotopic (exact) mass is 495 g/mol. The third kappa shape index (κ3) is 4.49. The number of para-hydroxylation sites is 1. The summed E-state index contributed by atoms with van der Waals surface area (Å²) in [5.41, 5.74) is 2.42. The summed E-state index contributed by atoms with van der Waals surface area (Å²) in [6.07, 6.45) is -2.52. The highest BCUT2D eigenvalue weighted by molar-refractivity contribution is 7.18. The van der Waals surface area contributed by atoms with Crippen LogP contribution in [0.2, 0.25) is 0 Å². The highest BCUT2D eigenvalue weighted by Gasteiger charge is 2.58. The molecule has 1 saturated heterocycles. The second-order valence-corrected chi connectivity index (χ2v) is 10.3. The molecule has 0 radical (unpaired) electrons. The number of morpholine rings is 1. The Labute approximate surface area is 199 Å². The first-order valence-electron chi connectivity index (χ1n) is 11.0. The number of ether oxygens (including phenoxy) is 1. The van der Waals surface area contributed by atoms with E-state index in [0.29, 0.717) is 36.8 Å². The number of fused-ring (bicyclic) bond motifs is 1. The predicted octanol–water partition coefficient (Wildman–Crippen LogP) is 3.36. The second kappa shape index (κ2) is 8.71. The molecule has 3 N–H and O–H groups in total. The van der Waals surface area contributed by atoms with Crippen molar-refractivity contribution in [3.63, 3.8) is 0 Å². The van der Waals surface area contributed by atoms with Crippen molar-refractivity contribution < 1.29 is 22.7 Å². The van der Waals surface area contributed by atoms with Crippen LogP contribution in [-0.2, 0) is 15.1 Å². The van der Waals surface area contributed by atoms with Crippen molar-refractivity contribution in [1.29, 1.82) is 0 Å². The van der Waals surface area contributed by atoms with Crippen LogP contribution in [0.4, 0.5) is 13.2 Å². The molecule has 3 heterocycles. The lowest BCUT2D eigenvalue weighted by Crippen LogP contribution is -2.69. The number of hydrogen-bond donors (Lipinski definition) is 2. The molecule has 0 saturated carbocycles. The molecule has 4 rings (SSSR count). The van der Waals surface area contributed by atoms with Crippen molar-refractivity contribution in [1.82, 2.24) is 15.2 Å². The van der Waals surface area contributed by atoms with Crippen LogP contribution in [0.1, 0.15) is 32.2 Å². The molecule has 2 aromatic rings. The standard InChI is InChI=1S/C23H28F3N5O2S/c1-15(32)29-22(14-20(2,3)31-10-12-33-13-11-31)21(27,9-8-18(30-22)23(24,25)26)19-28-16-6-4-5-7-17(16)34-19/h4-9H,10-14,27H2,1-3H3,(H,29,32). The Bertz CT molecular complexity index is 1110. The van der Waals surface area contributed by atoms with Gasteiger partial charge < -0.3 is 15.8 Å². The van der Waals surface area contributed by atoms with Crippen LogP contribution >= 0.6 is 11.3 Å². The molecule has 2 aliphatic heterocycles. The second-order valence-electron chi connectivity index (χ2n) is 9.31. The Balaban J connectivity index is 1.90. The maximum atomic E-state index is 13.9. The highest BCUT2D eigenvalue weighted by atomic mass is 32.1.